The Morgan fingerprint density at radius 3 is 2.80 bits per heavy atom. The summed E-state index contributed by atoms with van der Waals surface area (Å²) in [6, 6.07) is 7.97. The van der Waals surface area contributed by atoms with E-state index in [2.05, 4.69) is 11.4 Å². The van der Waals surface area contributed by atoms with Crippen molar-refractivity contribution in [2.75, 3.05) is 13.1 Å². The smallest absolute Gasteiger partial charge is 0.222 e. The van der Waals surface area contributed by atoms with Gasteiger partial charge in [0.2, 0.25) is 11.8 Å². The first kappa shape index (κ1) is 14.6. The lowest BCUT2D eigenvalue weighted by atomic mass is 9.90. The molecule has 0 saturated carbocycles. The van der Waals surface area contributed by atoms with Gasteiger partial charge in [0.1, 0.15) is 0 Å². The van der Waals surface area contributed by atoms with Crippen molar-refractivity contribution in [1.29, 1.82) is 0 Å². The highest BCUT2D eigenvalue weighted by Crippen LogP contribution is 2.32. The Morgan fingerprint density at radius 2 is 2.10 bits per heavy atom. The van der Waals surface area contributed by atoms with Crippen LogP contribution in [0.25, 0.3) is 0 Å². The van der Waals surface area contributed by atoms with Crippen molar-refractivity contribution in [2.24, 2.45) is 0 Å². The molecule has 1 aliphatic heterocycles. The fourth-order valence-electron chi connectivity index (χ4n) is 2.76. The minimum atomic E-state index is -0.130. The summed E-state index contributed by atoms with van der Waals surface area (Å²) in [5, 5.41) is 2.89. The molecule has 2 rings (SSSR count). The van der Waals surface area contributed by atoms with Gasteiger partial charge in [-0.25, -0.2) is 0 Å². The lowest BCUT2D eigenvalue weighted by molar-refractivity contribution is -0.133. The average Bonchev–Trinajstić information content (AvgIpc) is 2.45. The molecule has 0 saturated heterocycles. The molecule has 20 heavy (non-hydrogen) atoms. The first-order valence-corrected chi connectivity index (χ1v) is 7.25. The Balaban J connectivity index is 2.20. The molecule has 0 fully saturated rings. The number of nitrogens with one attached hydrogen (secondary N) is 1. The Kier molecular flexibility index (Phi) is 4.77. The van der Waals surface area contributed by atoms with Crippen LogP contribution in [0.5, 0.6) is 0 Å². The molecule has 108 valence electrons. The number of carbonyl (C=O) groups is 2. The van der Waals surface area contributed by atoms with E-state index in [1.54, 1.807) is 6.92 Å². The summed E-state index contributed by atoms with van der Waals surface area (Å²) in [5.41, 5.74) is 2.36. The summed E-state index contributed by atoms with van der Waals surface area (Å²) >= 11 is 0. The Labute approximate surface area is 120 Å². The summed E-state index contributed by atoms with van der Waals surface area (Å²) in [7, 11) is 0. The zero-order chi connectivity index (χ0) is 14.5. The van der Waals surface area contributed by atoms with E-state index in [4.69, 9.17) is 0 Å². The van der Waals surface area contributed by atoms with Gasteiger partial charge in [0.25, 0.3) is 0 Å². The van der Waals surface area contributed by atoms with Crippen LogP contribution in [0.4, 0.5) is 0 Å². The molecule has 1 heterocycles. The molecule has 4 nitrogen and oxygen atoms in total. The summed E-state index contributed by atoms with van der Waals surface area (Å²) in [4.78, 5) is 25.6. The molecule has 2 amide bonds. The molecule has 4 heteroatoms. The van der Waals surface area contributed by atoms with Crippen LogP contribution >= 0.6 is 0 Å². The Hall–Kier alpha value is -1.84. The van der Waals surface area contributed by atoms with E-state index in [1.165, 1.54) is 5.56 Å². The molecule has 1 N–H and O–H groups in total. The Bertz CT molecular complexity index is 499. The number of carbonyl (C=O) groups excluding carboxylic acids is 2. The molecule has 0 aromatic heterocycles. The van der Waals surface area contributed by atoms with Crippen molar-refractivity contribution in [3.63, 3.8) is 0 Å². The molecule has 1 aromatic carbocycles. The molecule has 0 radical (unpaired) electrons. The average molecular weight is 274 g/mol. The molecule has 1 atom stereocenters. The summed E-state index contributed by atoms with van der Waals surface area (Å²) in [5.74, 6) is 0.0487. The van der Waals surface area contributed by atoms with E-state index < -0.39 is 0 Å². The summed E-state index contributed by atoms with van der Waals surface area (Å²) < 4.78 is 0. The SMILES string of the molecule is CCCNC(=O)CC1c2ccccc2CCN1C(C)=O. The van der Waals surface area contributed by atoms with E-state index in [0.717, 1.165) is 18.4 Å². The van der Waals surface area contributed by atoms with E-state index in [-0.39, 0.29) is 17.9 Å². The highest BCUT2D eigenvalue weighted by atomic mass is 16.2. The van der Waals surface area contributed by atoms with Gasteiger partial charge in [0.15, 0.2) is 0 Å². The van der Waals surface area contributed by atoms with Crippen molar-refractivity contribution in [1.82, 2.24) is 10.2 Å². The Morgan fingerprint density at radius 1 is 1.35 bits per heavy atom. The highest BCUT2D eigenvalue weighted by Gasteiger charge is 2.30. The number of nitrogens with zero attached hydrogens (tertiary/aromatic N) is 1. The predicted octanol–water partition coefficient (Wildman–Crippen LogP) is 2.05. The maximum Gasteiger partial charge on any atom is 0.222 e. The van der Waals surface area contributed by atoms with Crippen molar-refractivity contribution >= 4 is 11.8 Å². The van der Waals surface area contributed by atoms with Crippen molar-refractivity contribution in [3.05, 3.63) is 35.4 Å². The lowest BCUT2D eigenvalue weighted by Crippen LogP contribution is -2.41. The number of amides is 2. The van der Waals surface area contributed by atoms with Crippen LogP contribution in [0, 0.1) is 0 Å². The number of rotatable bonds is 4. The third-order valence-electron chi connectivity index (χ3n) is 3.77. The second-order valence-corrected chi connectivity index (χ2v) is 5.23. The van der Waals surface area contributed by atoms with Gasteiger partial charge >= 0.3 is 0 Å². The van der Waals surface area contributed by atoms with Gasteiger partial charge in [-0.05, 0) is 24.0 Å². The second-order valence-electron chi connectivity index (χ2n) is 5.23. The number of hydrogen-bond acceptors (Lipinski definition) is 2. The largest absolute Gasteiger partial charge is 0.356 e. The molecule has 0 spiro atoms. The molecule has 0 bridgehead atoms. The van der Waals surface area contributed by atoms with Crippen LogP contribution in [0.3, 0.4) is 0 Å². The molecule has 1 aromatic rings. The normalized spacial score (nSPS) is 17.5. The highest BCUT2D eigenvalue weighted by molar-refractivity contribution is 5.79. The molecule has 1 unspecified atom stereocenters. The van der Waals surface area contributed by atoms with E-state index >= 15 is 0 Å². The zero-order valence-corrected chi connectivity index (χ0v) is 12.2. The third kappa shape index (κ3) is 3.18. The van der Waals surface area contributed by atoms with Crippen LogP contribution < -0.4 is 5.32 Å². The molecule has 0 aliphatic carbocycles. The molecular weight excluding hydrogens is 252 g/mol. The van der Waals surface area contributed by atoms with Gasteiger partial charge in [-0.3, -0.25) is 9.59 Å². The maximum atomic E-state index is 12.0. The fraction of sp³-hybridized carbons (Fsp3) is 0.500. The standard InChI is InChI=1S/C16H22N2O2/c1-3-9-17-16(20)11-15-14-7-5-4-6-13(14)8-10-18(15)12(2)19/h4-7,15H,3,8-11H2,1-2H3,(H,17,20). The first-order valence-electron chi connectivity index (χ1n) is 7.25. The molecule has 1 aliphatic rings. The van der Waals surface area contributed by atoms with E-state index in [1.807, 2.05) is 30.0 Å². The summed E-state index contributed by atoms with van der Waals surface area (Å²) in [6.07, 6.45) is 2.13. The van der Waals surface area contributed by atoms with Gasteiger partial charge in [0, 0.05) is 20.0 Å². The van der Waals surface area contributed by atoms with Gasteiger partial charge in [-0.15, -0.1) is 0 Å². The number of benzene rings is 1. The third-order valence-corrected chi connectivity index (χ3v) is 3.77. The van der Waals surface area contributed by atoms with Crippen molar-refractivity contribution < 1.29 is 9.59 Å². The van der Waals surface area contributed by atoms with Gasteiger partial charge < -0.3 is 10.2 Å². The fourth-order valence-corrected chi connectivity index (χ4v) is 2.76. The summed E-state index contributed by atoms with van der Waals surface area (Å²) in [6.45, 7) is 4.98. The van der Waals surface area contributed by atoms with E-state index in [9.17, 15) is 9.59 Å². The van der Waals surface area contributed by atoms with Crippen LogP contribution in [-0.4, -0.2) is 29.8 Å². The monoisotopic (exact) mass is 274 g/mol. The van der Waals surface area contributed by atoms with Crippen LogP contribution in [0.2, 0.25) is 0 Å². The van der Waals surface area contributed by atoms with Crippen molar-refractivity contribution in [2.45, 2.75) is 39.2 Å². The van der Waals surface area contributed by atoms with Crippen LogP contribution in [-0.2, 0) is 16.0 Å². The van der Waals surface area contributed by atoms with Crippen LogP contribution in [0.15, 0.2) is 24.3 Å². The quantitative estimate of drug-likeness (QED) is 0.913. The topological polar surface area (TPSA) is 49.4 Å². The second kappa shape index (κ2) is 6.55. The minimum Gasteiger partial charge on any atom is -0.356 e. The van der Waals surface area contributed by atoms with E-state index in [0.29, 0.717) is 19.5 Å². The minimum absolute atomic E-state index is 0.0137. The van der Waals surface area contributed by atoms with Crippen molar-refractivity contribution in [3.8, 4) is 0 Å². The van der Waals surface area contributed by atoms with Crippen LogP contribution in [0.1, 0.15) is 43.9 Å². The van der Waals surface area contributed by atoms with Gasteiger partial charge in [-0.1, -0.05) is 31.2 Å². The number of hydrogen-bond donors (Lipinski definition) is 1. The van der Waals surface area contributed by atoms with Gasteiger partial charge in [-0.2, -0.15) is 0 Å². The van der Waals surface area contributed by atoms with Gasteiger partial charge in [0.05, 0.1) is 12.5 Å². The maximum absolute atomic E-state index is 12.0. The predicted molar refractivity (Wildman–Crippen MR) is 78.2 cm³/mol. The lowest BCUT2D eigenvalue weighted by Gasteiger charge is -2.36. The molecular formula is C16H22N2O2. The number of fused-ring (bicyclic) bond motifs is 1. The first-order chi connectivity index (χ1) is 9.63. The zero-order valence-electron chi connectivity index (χ0n) is 12.2.